The van der Waals surface area contributed by atoms with Crippen molar-refractivity contribution in [3.8, 4) is 0 Å². The van der Waals surface area contributed by atoms with Crippen molar-refractivity contribution in [2.24, 2.45) is 0 Å². The highest BCUT2D eigenvalue weighted by Crippen LogP contribution is 2.35. The number of ether oxygens (including phenoxy) is 1. The van der Waals surface area contributed by atoms with E-state index in [1.54, 1.807) is 6.08 Å². The summed E-state index contributed by atoms with van der Waals surface area (Å²) in [6.45, 7) is 2.03. The number of esters is 2. The molecule has 1 aliphatic heterocycles. The van der Waals surface area contributed by atoms with E-state index in [9.17, 15) is 9.59 Å². The Morgan fingerprint density at radius 3 is 1.92 bits per heavy atom. The molecule has 1 fully saturated rings. The van der Waals surface area contributed by atoms with Crippen LogP contribution in [0.1, 0.15) is 30.9 Å². The van der Waals surface area contributed by atoms with E-state index in [2.05, 4.69) is 0 Å². The van der Waals surface area contributed by atoms with Gasteiger partial charge in [-0.15, -0.1) is 0 Å². The molecule has 3 nitrogen and oxygen atoms in total. The van der Waals surface area contributed by atoms with Crippen molar-refractivity contribution in [1.29, 1.82) is 0 Å². The lowest BCUT2D eigenvalue weighted by Crippen LogP contribution is -2.02. The highest BCUT2D eigenvalue weighted by Gasteiger charge is 2.36. The van der Waals surface area contributed by atoms with Gasteiger partial charge in [-0.05, 0) is 17.5 Å². The second-order valence-corrected chi connectivity index (χ2v) is 5.57. The van der Waals surface area contributed by atoms with Crippen LogP contribution in [0.4, 0.5) is 0 Å². The lowest BCUT2D eigenvalue weighted by atomic mass is 9.90. The third kappa shape index (κ3) is 3.06. The molecule has 1 saturated heterocycles. The van der Waals surface area contributed by atoms with Crippen molar-refractivity contribution >= 4 is 17.5 Å². The molecule has 0 atom stereocenters. The number of cyclic esters (lactones) is 2. The minimum absolute atomic E-state index is 0.353. The predicted molar refractivity (Wildman–Crippen MR) is 93.0 cm³/mol. The van der Waals surface area contributed by atoms with Gasteiger partial charge in [-0.25, -0.2) is 9.59 Å². The Balaban J connectivity index is 2.28. The molecule has 0 N–H and O–H groups in total. The predicted octanol–water partition coefficient (Wildman–Crippen LogP) is 4.30. The Bertz CT molecular complexity index is 773. The molecule has 0 aliphatic carbocycles. The molecule has 0 unspecified atom stereocenters. The van der Waals surface area contributed by atoms with Crippen molar-refractivity contribution in [2.45, 2.75) is 19.8 Å². The van der Waals surface area contributed by atoms with Gasteiger partial charge >= 0.3 is 11.9 Å². The van der Waals surface area contributed by atoms with Crippen LogP contribution in [-0.4, -0.2) is 11.9 Å². The highest BCUT2D eigenvalue weighted by atomic mass is 16.6. The summed E-state index contributed by atoms with van der Waals surface area (Å²) in [7, 11) is 0. The molecule has 0 aromatic heterocycles. The van der Waals surface area contributed by atoms with Gasteiger partial charge in [0.25, 0.3) is 0 Å². The van der Waals surface area contributed by atoms with Crippen LogP contribution in [0.15, 0.2) is 77.9 Å². The second-order valence-electron chi connectivity index (χ2n) is 5.57. The summed E-state index contributed by atoms with van der Waals surface area (Å²) in [5.74, 6) is -1.14. The summed E-state index contributed by atoms with van der Waals surface area (Å²) in [5.41, 5.74) is 3.21. The molecule has 24 heavy (non-hydrogen) atoms. The highest BCUT2D eigenvalue weighted by molar-refractivity contribution is 6.23. The van der Waals surface area contributed by atoms with Crippen molar-refractivity contribution in [2.75, 3.05) is 0 Å². The number of hydrogen-bond donors (Lipinski definition) is 0. The minimum atomic E-state index is -0.579. The van der Waals surface area contributed by atoms with Gasteiger partial charge in [0.15, 0.2) is 0 Å². The Morgan fingerprint density at radius 1 is 0.875 bits per heavy atom. The third-order valence-electron chi connectivity index (χ3n) is 3.89. The first-order valence-corrected chi connectivity index (χ1v) is 8.04. The molecule has 0 radical (unpaired) electrons. The van der Waals surface area contributed by atoms with Crippen LogP contribution in [0.25, 0.3) is 5.57 Å². The van der Waals surface area contributed by atoms with E-state index in [4.69, 9.17) is 4.74 Å². The van der Waals surface area contributed by atoms with Gasteiger partial charge in [-0.1, -0.05) is 80.1 Å². The van der Waals surface area contributed by atoms with Gasteiger partial charge in [-0.2, -0.15) is 0 Å². The zero-order chi connectivity index (χ0) is 16.9. The summed E-state index contributed by atoms with van der Waals surface area (Å²) in [6.07, 6.45) is 3.41. The number of benzene rings is 2. The fourth-order valence-electron chi connectivity index (χ4n) is 2.78. The van der Waals surface area contributed by atoms with E-state index >= 15 is 0 Å². The van der Waals surface area contributed by atoms with Crippen LogP contribution in [0.2, 0.25) is 0 Å². The average molecular weight is 318 g/mol. The van der Waals surface area contributed by atoms with Crippen LogP contribution in [-0.2, 0) is 14.3 Å². The van der Waals surface area contributed by atoms with Crippen LogP contribution < -0.4 is 0 Å². The zero-order valence-corrected chi connectivity index (χ0v) is 13.5. The van der Waals surface area contributed by atoms with E-state index in [1.165, 1.54) is 0 Å². The molecular weight excluding hydrogens is 300 g/mol. The molecule has 0 saturated carbocycles. The van der Waals surface area contributed by atoms with E-state index < -0.39 is 11.9 Å². The molecule has 0 spiro atoms. The standard InChI is InChI=1S/C21H18O3/c1-2-3-14-17-19(21(23)24-20(17)22)18(15-10-6-4-7-11-15)16-12-8-5-9-13-16/h4-14H,2-3H2,1H3/b17-14-. The number of hydrogen-bond acceptors (Lipinski definition) is 3. The molecule has 1 aliphatic rings. The molecule has 0 amide bonds. The number of carbonyl (C=O) groups excluding carboxylic acids is 2. The lowest BCUT2D eigenvalue weighted by Gasteiger charge is -2.11. The van der Waals surface area contributed by atoms with Crippen molar-refractivity contribution in [1.82, 2.24) is 0 Å². The first-order valence-electron chi connectivity index (χ1n) is 8.04. The van der Waals surface area contributed by atoms with Gasteiger partial charge in [-0.3, -0.25) is 0 Å². The SMILES string of the molecule is CCC/C=C1\C(=O)OC(=O)C1=C(c1ccccc1)c1ccccc1. The van der Waals surface area contributed by atoms with Crippen molar-refractivity contribution in [3.05, 3.63) is 89.0 Å². The van der Waals surface area contributed by atoms with Gasteiger partial charge in [0.05, 0.1) is 11.1 Å². The Hall–Kier alpha value is -2.94. The Labute approximate surface area is 141 Å². The summed E-state index contributed by atoms with van der Waals surface area (Å²) in [6, 6.07) is 19.2. The molecular formula is C21H18O3. The van der Waals surface area contributed by atoms with Gasteiger partial charge in [0, 0.05) is 5.57 Å². The maximum absolute atomic E-state index is 12.4. The van der Waals surface area contributed by atoms with E-state index in [0.29, 0.717) is 11.1 Å². The maximum Gasteiger partial charge on any atom is 0.347 e. The molecule has 120 valence electrons. The topological polar surface area (TPSA) is 43.4 Å². The van der Waals surface area contributed by atoms with Crippen molar-refractivity contribution < 1.29 is 14.3 Å². The van der Waals surface area contributed by atoms with E-state index in [-0.39, 0.29) is 0 Å². The van der Waals surface area contributed by atoms with Crippen molar-refractivity contribution in [3.63, 3.8) is 0 Å². The largest absolute Gasteiger partial charge is 0.386 e. The first kappa shape index (κ1) is 15.9. The zero-order valence-electron chi connectivity index (χ0n) is 13.5. The number of unbranched alkanes of at least 4 members (excludes halogenated alkanes) is 1. The lowest BCUT2D eigenvalue weighted by molar-refractivity contribution is -0.149. The van der Waals surface area contributed by atoms with Crippen LogP contribution in [0.3, 0.4) is 0 Å². The van der Waals surface area contributed by atoms with Crippen LogP contribution in [0, 0.1) is 0 Å². The van der Waals surface area contributed by atoms with Crippen LogP contribution >= 0.6 is 0 Å². The smallest absolute Gasteiger partial charge is 0.347 e. The maximum atomic E-state index is 12.4. The first-order chi connectivity index (χ1) is 11.7. The van der Waals surface area contributed by atoms with Gasteiger partial charge < -0.3 is 4.74 Å². The summed E-state index contributed by atoms with van der Waals surface area (Å²) in [4.78, 5) is 24.5. The molecule has 3 heteroatoms. The molecule has 3 rings (SSSR count). The number of rotatable bonds is 4. The normalized spacial score (nSPS) is 15.7. The average Bonchev–Trinajstić information content (AvgIpc) is 2.89. The Morgan fingerprint density at radius 2 is 1.42 bits per heavy atom. The van der Waals surface area contributed by atoms with E-state index in [1.807, 2.05) is 67.6 Å². The van der Waals surface area contributed by atoms with Gasteiger partial charge in [0.1, 0.15) is 0 Å². The quantitative estimate of drug-likeness (QED) is 0.479. The summed E-state index contributed by atoms with van der Waals surface area (Å²) < 4.78 is 4.90. The second kappa shape index (κ2) is 7.09. The molecule has 1 heterocycles. The summed E-state index contributed by atoms with van der Waals surface area (Å²) >= 11 is 0. The minimum Gasteiger partial charge on any atom is -0.386 e. The summed E-state index contributed by atoms with van der Waals surface area (Å²) in [5, 5.41) is 0. The third-order valence-corrected chi connectivity index (χ3v) is 3.89. The number of allylic oxidation sites excluding steroid dienone is 1. The van der Waals surface area contributed by atoms with Crippen LogP contribution in [0.5, 0.6) is 0 Å². The van der Waals surface area contributed by atoms with E-state index in [0.717, 1.165) is 29.5 Å². The van der Waals surface area contributed by atoms with Gasteiger partial charge in [0.2, 0.25) is 0 Å². The molecule has 2 aromatic rings. The fourth-order valence-corrected chi connectivity index (χ4v) is 2.78. The monoisotopic (exact) mass is 318 g/mol. The molecule has 0 bridgehead atoms. The number of carbonyl (C=O) groups is 2. The molecule has 2 aromatic carbocycles. The fraction of sp³-hybridized carbons (Fsp3) is 0.143. The Kier molecular flexibility index (Phi) is 4.71.